The molecule has 0 aliphatic heterocycles. The van der Waals surface area contributed by atoms with Crippen LogP contribution in [0.5, 0.6) is 0 Å². The highest BCUT2D eigenvalue weighted by molar-refractivity contribution is 6.33. The second kappa shape index (κ2) is 7.22. The van der Waals surface area contributed by atoms with Crippen molar-refractivity contribution in [2.24, 2.45) is 0 Å². The van der Waals surface area contributed by atoms with Crippen LogP contribution >= 0.6 is 11.6 Å². The summed E-state index contributed by atoms with van der Waals surface area (Å²) in [4.78, 5) is 25.9. The largest absolute Gasteiger partial charge is 0.345 e. The van der Waals surface area contributed by atoms with E-state index in [1.54, 1.807) is 30.6 Å². The van der Waals surface area contributed by atoms with Crippen molar-refractivity contribution < 1.29 is 4.79 Å². The molecule has 1 atom stereocenters. The number of nitrogens with one attached hydrogen (secondary N) is 1. The topological polar surface area (TPSA) is 67.8 Å². The molecule has 0 saturated carbocycles. The summed E-state index contributed by atoms with van der Waals surface area (Å²) in [5.41, 5.74) is 3.32. The molecular formula is C20H17ClN4O. The monoisotopic (exact) mass is 364 g/mol. The zero-order valence-corrected chi connectivity index (χ0v) is 14.8. The minimum Gasteiger partial charge on any atom is -0.345 e. The lowest BCUT2D eigenvalue weighted by Crippen LogP contribution is -2.31. The second-order valence-electron chi connectivity index (χ2n) is 6.24. The van der Waals surface area contributed by atoms with Crippen LogP contribution in [0.1, 0.15) is 40.5 Å². The lowest BCUT2D eigenvalue weighted by Gasteiger charge is -2.25. The molecule has 5 nitrogen and oxygen atoms in total. The van der Waals surface area contributed by atoms with Crippen molar-refractivity contribution in [3.63, 3.8) is 0 Å². The van der Waals surface area contributed by atoms with Crippen molar-refractivity contribution in [2.45, 2.75) is 25.3 Å². The van der Waals surface area contributed by atoms with Gasteiger partial charge in [-0.25, -0.2) is 9.97 Å². The third-order valence-corrected chi connectivity index (χ3v) is 4.85. The molecule has 26 heavy (non-hydrogen) atoms. The fraction of sp³-hybridized carbons (Fsp3) is 0.200. The highest BCUT2D eigenvalue weighted by Crippen LogP contribution is 2.30. The zero-order chi connectivity index (χ0) is 17.9. The van der Waals surface area contributed by atoms with Gasteiger partial charge in [-0.1, -0.05) is 23.7 Å². The molecule has 0 bridgehead atoms. The third kappa shape index (κ3) is 3.30. The van der Waals surface area contributed by atoms with E-state index in [2.05, 4.69) is 15.3 Å². The first-order valence-electron chi connectivity index (χ1n) is 8.54. The van der Waals surface area contributed by atoms with E-state index >= 15 is 0 Å². The Hall–Kier alpha value is -2.79. The summed E-state index contributed by atoms with van der Waals surface area (Å²) in [7, 11) is 0. The van der Waals surface area contributed by atoms with E-state index in [9.17, 15) is 4.79 Å². The molecule has 4 rings (SSSR count). The summed E-state index contributed by atoms with van der Waals surface area (Å²) in [5, 5.41) is 3.52. The van der Waals surface area contributed by atoms with Crippen LogP contribution in [0.25, 0.3) is 11.4 Å². The Bertz CT molecular complexity index is 946. The Labute approximate surface area is 156 Å². The number of pyridine rings is 1. The molecule has 1 N–H and O–H groups in total. The lowest BCUT2D eigenvalue weighted by atomic mass is 9.92. The van der Waals surface area contributed by atoms with Crippen LogP contribution < -0.4 is 5.32 Å². The van der Waals surface area contributed by atoms with Crippen LogP contribution in [0.3, 0.4) is 0 Å². The number of hydrogen-bond acceptors (Lipinski definition) is 4. The molecule has 1 aliphatic carbocycles. The van der Waals surface area contributed by atoms with Crippen molar-refractivity contribution in [1.82, 2.24) is 20.3 Å². The molecule has 0 spiro atoms. The van der Waals surface area contributed by atoms with Gasteiger partial charge in [0.15, 0.2) is 5.82 Å². The Morgan fingerprint density at radius 1 is 1.15 bits per heavy atom. The van der Waals surface area contributed by atoms with E-state index in [1.807, 2.05) is 24.4 Å². The van der Waals surface area contributed by atoms with Crippen molar-refractivity contribution in [1.29, 1.82) is 0 Å². The maximum Gasteiger partial charge on any atom is 0.253 e. The van der Waals surface area contributed by atoms with Gasteiger partial charge in [-0.05, 0) is 43.5 Å². The van der Waals surface area contributed by atoms with Gasteiger partial charge < -0.3 is 5.32 Å². The van der Waals surface area contributed by atoms with E-state index in [0.717, 1.165) is 36.1 Å². The van der Waals surface area contributed by atoms with E-state index < -0.39 is 0 Å². The van der Waals surface area contributed by atoms with Crippen LogP contribution in [0.15, 0.2) is 55.0 Å². The van der Waals surface area contributed by atoms with E-state index in [-0.39, 0.29) is 11.9 Å². The number of hydrogen-bond donors (Lipinski definition) is 1. The van der Waals surface area contributed by atoms with Crippen molar-refractivity contribution in [3.8, 4) is 11.4 Å². The van der Waals surface area contributed by atoms with Crippen molar-refractivity contribution >= 4 is 17.5 Å². The number of carbonyl (C=O) groups excluding carboxylic acids is 1. The van der Waals surface area contributed by atoms with Gasteiger partial charge in [-0.15, -0.1) is 0 Å². The zero-order valence-electron chi connectivity index (χ0n) is 14.0. The van der Waals surface area contributed by atoms with Gasteiger partial charge >= 0.3 is 0 Å². The van der Waals surface area contributed by atoms with Crippen molar-refractivity contribution in [3.05, 3.63) is 76.8 Å². The second-order valence-corrected chi connectivity index (χ2v) is 6.64. The van der Waals surface area contributed by atoms with Crippen molar-refractivity contribution in [2.75, 3.05) is 0 Å². The SMILES string of the molecule is O=C(N[C@@H]1CCCc2nc(-c3cccnc3)ncc21)c1ccccc1Cl. The molecule has 2 aromatic heterocycles. The molecule has 3 aromatic rings. The minimum absolute atomic E-state index is 0.106. The van der Waals surface area contributed by atoms with Gasteiger partial charge in [0, 0.05) is 35.4 Å². The average Bonchev–Trinajstić information content (AvgIpc) is 2.69. The van der Waals surface area contributed by atoms with Crippen LogP contribution in [0.2, 0.25) is 5.02 Å². The highest BCUT2D eigenvalue weighted by Gasteiger charge is 2.25. The number of halogens is 1. The number of rotatable bonds is 3. The Morgan fingerprint density at radius 3 is 2.85 bits per heavy atom. The maximum atomic E-state index is 12.6. The molecule has 0 saturated heterocycles. The maximum absolute atomic E-state index is 12.6. The molecule has 1 aromatic carbocycles. The Balaban J connectivity index is 1.60. The number of fused-ring (bicyclic) bond motifs is 1. The number of amides is 1. The van der Waals surface area contributed by atoms with Gasteiger partial charge in [-0.2, -0.15) is 0 Å². The lowest BCUT2D eigenvalue weighted by molar-refractivity contribution is 0.0932. The van der Waals surface area contributed by atoms with E-state index in [4.69, 9.17) is 16.6 Å². The van der Waals surface area contributed by atoms with Crippen LogP contribution in [0, 0.1) is 0 Å². The Morgan fingerprint density at radius 2 is 2.04 bits per heavy atom. The van der Waals surface area contributed by atoms with E-state index in [1.165, 1.54) is 0 Å². The van der Waals surface area contributed by atoms with Gasteiger partial charge in [0.1, 0.15) is 0 Å². The molecule has 0 fully saturated rings. The summed E-state index contributed by atoms with van der Waals surface area (Å²) in [6.07, 6.45) is 8.00. The Kier molecular flexibility index (Phi) is 4.63. The quantitative estimate of drug-likeness (QED) is 0.762. The predicted octanol–water partition coefficient (Wildman–Crippen LogP) is 4.00. The predicted molar refractivity (Wildman–Crippen MR) is 99.9 cm³/mol. The number of aromatic nitrogens is 3. The standard InChI is InChI=1S/C20H17ClN4O/c21-16-7-2-1-6-14(16)20(26)25-18-9-3-8-17-15(18)12-23-19(24-17)13-5-4-10-22-11-13/h1-2,4-7,10-12,18H,3,8-9H2,(H,25,26)/t18-/m1/s1. The minimum atomic E-state index is -0.176. The average molecular weight is 365 g/mol. The van der Waals surface area contributed by atoms with Crippen LogP contribution in [-0.4, -0.2) is 20.9 Å². The van der Waals surface area contributed by atoms with Gasteiger partial charge in [0.05, 0.1) is 16.6 Å². The molecule has 1 amide bonds. The molecule has 130 valence electrons. The summed E-state index contributed by atoms with van der Waals surface area (Å²) in [5.74, 6) is 0.486. The summed E-state index contributed by atoms with van der Waals surface area (Å²) in [6.45, 7) is 0. The van der Waals surface area contributed by atoms with Gasteiger partial charge in [0.2, 0.25) is 0 Å². The molecule has 1 aliphatic rings. The van der Waals surface area contributed by atoms with E-state index in [0.29, 0.717) is 16.4 Å². The van der Waals surface area contributed by atoms with Crippen LogP contribution in [-0.2, 0) is 6.42 Å². The van der Waals surface area contributed by atoms with Gasteiger partial charge in [0.25, 0.3) is 5.91 Å². The normalized spacial score (nSPS) is 16.0. The number of carbonyl (C=O) groups is 1. The fourth-order valence-electron chi connectivity index (χ4n) is 3.21. The smallest absolute Gasteiger partial charge is 0.253 e. The third-order valence-electron chi connectivity index (χ3n) is 4.53. The first-order valence-corrected chi connectivity index (χ1v) is 8.92. The highest BCUT2D eigenvalue weighted by atomic mass is 35.5. The molecule has 0 radical (unpaired) electrons. The fourth-order valence-corrected chi connectivity index (χ4v) is 3.43. The molecular weight excluding hydrogens is 348 g/mol. The number of aryl methyl sites for hydroxylation is 1. The first kappa shape index (κ1) is 16.7. The molecule has 2 heterocycles. The van der Waals surface area contributed by atoms with Crippen LogP contribution in [0.4, 0.5) is 0 Å². The number of nitrogens with zero attached hydrogens (tertiary/aromatic N) is 3. The summed E-state index contributed by atoms with van der Waals surface area (Å²) < 4.78 is 0. The van der Waals surface area contributed by atoms with Gasteiger partial charge in [-0.3, -0.25) is 9.78 Å². The first-order chi connectivity index (χ1) is 12.7. The molecule has 0 unspecified atom stereocenters. The molecule has 6 heteroatoms. The summed E-state index contributed by atoms with van der Waals surface area (Å²) >= 11 is 6.13. The summed E-state index contributed by atoms with van der Waals surface area (Å²) in [6, 6.07) is 10.8. The number of benzene rings is 1.